The maximum Gasteiger partial charge on any atom is 0.260 e. The number of nitrogens with two attached hydrogens (primary N) is 1. The van der Waals surface area contributed by atoms with E-state index in [9.17, 15) is 4.79 Å². The fourth-order valence-corrected chi connectivity index (χ4v) is 2.54. The number of pyridine rings is 1. The van der Waals surface area contributed by atoms with Crippen molar-refractivity contribution >= 4 is 27.9 Å². The molecular weight excluding hydrogens is 246 g/mol. The van der Waals surface area contributed by atoms with Crippen molar-refractivity contribution in [2.75, 3.05) is 5.73 Å². The minimum absolute atomic E-state index is 0.0565. The summed E-state index contributed by atoms with van der Waals surface area (Å²) in [7, 11) is 0. The van der Waals surface area contributed by atoms with Gasteiger partial charge >= 0.3 is 0 Å². The summed E-state index contributed by atoms with van der Waals surface area (Å²) in [5, 5.41) is 1.57. The highest BCUT2D eigenvalue weighted by atomic mass is 32.1. The topological polar surface area (TPSA) is 60.9 Å². The zero-order valence-corrected chi connectivity index (χ0v) is 10.4. The van der Waals surface area contributed by atoms with Gasteiger partial charge in [0.15, 0.2) is 0 Å². The fraction of sp³-hybridized carbons (Fsp3) is 0.0769. The van der Waals surface area contributed by atoms with Crippen LogP contribution in [0.4, 0.5) is 5.82 Å². The monoisotopic (exact) mass is 257 g/mol. The lowest BCUT2D eigenvalue weighted by molar-refractivity contribution is 0.790. The maximum absolute atomic E-state index is 12.3. The minimum atomic E-state index is -0.0565. The summed E-state index contributed by atoms with van der Waals surface area (Å²) >= 11 is 1.51. The van der Waals surface area contributed by atoms with E-state index in [1.165, 1.54) is 11.3 Å². The Bertz CT molecular complexity index is 747. The molecule has 90 valence electrons. The van der Waals surface area contributed by atoms with Gasteiger partial charge in [0, 0.05) is 16.5 Å². The molecule has 0 amide bonds. The number of fused-ring (bicyclic) bond motifs is 1. The van der Waals surface area contributed by atoms with Crippen LogP contribution >= 0.6 is 11.3 Å². The van der Waals surface area contributed by atoms with E-state index in [2.05, 4.69) is 4.98 Å². The SMILES string of the molecule is Nc1cc2ccccc2c(=O)n1Cc1cncs1. The van der Waals surface area contributed by atoms with E-state index in [4.69, 9.17) is 5.73 Å². The molecule has 0 atom stereocenters. The molecule has 0 aliphatic heterocycles. The van der Waals surface area contributed by atoms with E-state index >= 15 is 0 Å². The minimum Gasteiger partial charge on any atom is -0.385 e. The summed E-state index contributed by atoms with van der Waals surface area (Å²) in [6, 6.07) is 9.30. The largest absolute Gasteiger partial charge is 0.385 e. The molecule has 0 fully saturated rings. The predicted octanol–water partition coefficient (Wildman–Crippen LogP) is 2.09. The molecular formula is C13H11N3OS. The Morgan fingerprint density at radius 2 is 2.17 bits per heavy atom. The van der Waals surface area contributed by atoms with Crippen LogP contribution in [-0.4, -0.2) is 9.55 Å². The molecule has 3 rings (SSSR count). The molecule has 0 unspecified atom stereocenters. The van der Waals surface area contributed by atoms with Gasteiger partial charge in [0.25, 0.3) is 5.56 Å². The molecule has 0 saturated carbocycles. The second kappa shape index (κ2) is 4.27. The van der Waals surface area contributed by atoms with E-state index < -0.39 is 0 Å². The van der Waals surface area contributed by atoms with Crippen LogP contribution in [0.3, 0.4) is 0 Å². The summed E-state index contributed by atoms with van der Waals surface area (Å²) in [5.41, 5.74) is 7.64. The van der Waals surface area contributed by atoms with Crippen molar-refractivity contribution in [3.8, 4) is 0 Å². The standard InChI is InChI=1S/C13H11N3OS/c14-12-5-9-3-1-2-4-11(9)13(17)16(12)7-10-6-15-8-18-10/h1-6,8H,7,14H2. The predicted molar refractivity (Wildman–Crippen MR) is 73.8 cm³/mol. The van der Waals surface area contributed by atoms with Gasteiger partial charge < -0.3 is 5.73 Å². The van der Waals surface area contributed by atoms with Crippen molar-refractivity contribution in [3.63, 3.8) is 0 Å². The molecule has 0 aliphatic rings. The molecule has 0 bridgehead atoms. The van der Waals surface area contributed by atoms with E-state index in [0.717, 1.165) is 10.3 Å². The first-order valence-corrected chi connectivity index (χ1v) is 6.39. The Kier molecular flexibility index (Phi) is 2.60. The lowest BCUT2D eigenvalue weighted by Gasteiger charge is -2.09. The molecule has 0 aliphatic carbocycles. The number of rotatable bonds is 2. The average Bonchev–Trinajstić information content (AvgIpc) is 2.87. The third-order valence-corrected chi connectivity index (χ3v) is 3.61. The quantitative estimate of drug-likeness (QED) is 0.764. The molecule has 0 saturated heterocycles. The molecule has 5 heteroatoms. The van der Waals surface area contributed by atoms with Crippen LogP contribution < -0.4 is 11.3 Å². The van der Waals surface area contributed by atoms with Gasteiger partial charge in [0.05, 0.1) is 12.1 Å². The molecule has 3 aromatic rings. The van der Waals surface area contributed by atoms with Crippen molar-refractivity contribution in [2.24, 2.45) is 0 Å². The number of benzene rings is 1. The van der Waals surface area contributed by atoms with E-state index in [1.807, 2.05) is 30.3 Å². The summed E-state index contributed by atoms with van der Waals surface area (Å²) in [4.78, 5) is 17.4. The van der Waals surface area contributed by atoms with Crippen LogP contribution in [0.25, 0.3) is 10.8 Å². The number of nitrogen functional groups attached to an aromatic ring is 1. The molecule has 0 radical (unpaired) electrons. The van der Waals surface area contributed by atoms with Gasteiger partial charge in [-0.1, -0.05) is 18.2 Å². The van der Waals surface area contributed by atoms with Crippen molar-refractivity contribution in [1.82, 2.24) is 9.55 Å². The fourth-order valence-electron chi connectivity index (χ4n) is 1.96. The molecule has 1 aromatic carbocycles. The Morgan fingerprint density at radius 1 is 1.33 bits per heavy atom. The van der Waals surface area contributed by atoms with Gasteiger partial charge in [-0.3, -0.25) is 14.3 Å². The maximum atomic E-state index is 12.3. The highest BCUT2D eigenvalue weighted by Gasteiger charge is 2.07. The second-order valence-electron chi connectivity index (χ2n) is 4.02. The Labute approximate surface area is 107 Å². The van der Waals surface area contributed by atoms with Crippen LogP contribution in [0.5, 0.6) is 0 Å². The smallest absolute Gasteiger partial charge is 0.260 e. The number of anilines is 1. The zero-order chi connectivity index (χ0) is 12.5. The van der Waals surface area contributed by atoms with Crippen molar-refractivity contribution in [1.29, 1.82) is 0 Å². The highest BCUT2D eigenvalue weighted by molar-refractivity contribution is 7.09. The molecule has 2 N–H and O–H groups in total. The average molecular weight is 257 g/mol. The van der Waals surface area contributed by atoms with Gasteiger partial charge in [-0.25, -0.2) is 0 Å². The molecule has 18 heavy (non-hydrogen) atoms. The van der Waals surface area contributed by atoms with Crippen molar-refractivity contribution in [2.45, 2.75) is 6.54 Å². The normalized spacial score (nSPS) is 10.9. The van der Waals surface area contributed by atoms with Crippen LogP contribution in [0.15, 0.2) is 46.8 Å². The second-order valence-corrected chi connectivity index (χ2v) is 4.99. The van der Waals surface area contributed by atoms with Gasteiger partial charge in [-0.05, 0) is 17.5 Å². The van der Waals surface area contributed by atoms with E-state index in [1.54, 1.807) is 16.3 Å². The lowest BCUT2D eigenvalue weighted by Crippen LogP contribution is -2.23. The van der Waals surface area contributed by atoms with Crippen LogP contribution in [0.2, 0.25) is 0 Å². The van der Waals surface area contributed by atoms with Crippen molar-refractivity contribution < 1.29 is 0 Å². The summed E-state index contributed by atoms with van der Waals surface area (Å²) in [6.07, 6.45) is 1.76. The highest BCUT2D eigenvalue weighted by Crippen LogP contribution is 2.15. The summed E-state index contributed by atoms with van der Waals surface area (Å²) < 4.78 is 1.58. The number of hydrogen-bond acceptors (Lipinski definition) is 4. The van der Waals surface area contributed by atoms with E-state index in [-0.39, 0.29) is 5.56 Å². The van der Waals surface area contributed by atoms with Gasteiger partial charge in [0.2, 0.25) is 0 Å². The number of hydrogen-bond donors (Lipinski definition) is 1. The summed E-state index contributed by atoms with van der Waals surface area (Å²) in [6.45, 7) is 0.472. The molecule has 2 heterocycles. The Hall–Kier alpha value is -2.14. The van der Waals surface area contributed by atoms with Crippen LogP contribution in [0.1, 0.15) is 4.88 Å². The lowest BCUT2D eigenvalue weighted by atomic mass is 10.1. The van der Waals surface area contributed by atoms with E-state index in [0.29, 0.717) is 17.7 Å². The number of nitrogens with zero attached hydrogens (tertiary/aromatic N) is 2. The first kappa shape index (κ1) is 11.0. The third-order valence-electron chi connectivity index (χ3n) is 2.85. The molecule has 4 nitrogen and oxygen atoms in total. The van der Waals surface area contributed by atoms with Crippen molar-refractivity contribution in [3.05, 3.63) is 57.3 Å². The Balaban J connectivity index is 2.20. The first-order chi connectivity index (χ1) is 8.75. The van der Waals surface area contributed by atoms with Gasteiger partial charge in [-0.2, -0.15) is 0 Å². The zero-order valence-electron chi connectivity index (χ0n) is 9.54. The number of aromatic nitrogens is 2. The van der Waals surface area contributed by atoms with Crippen LogP contribution in [-0.2, 0) is 6.54 Å². The van der Waals surface area contributed by atoms with Gasteiger partial charge in [0.1, 0.15) is 5.82 Å². The Morgan fingerprint density at radius 3 is 2.94 bits per heavy atom. The van der Waals surface area contributed by atoms with Crippen LogP contribution in [0, 0.1) is 0 Å². The number of thiazole rings is 1. The first-order valence-electron chi connectivity index (χ1n) is 5.51. The molecule has 0 spiro atoms. The molecule has 2 aromatic heterocycles. The van der Waals surface area contributed by atoms with Gasteiger partial charge in [-0.15, -0.1) is 11.3 Å². The third kappa shape index (κ3) is 1.78. The summed E-state index contributed by atoms with van der Waals surface area (Å²) in [5.74, 6) is 0.479.